The third-order valence-corrected chi connectivity index (χ3v) is 8.28. The second-order valence-corrected chi connectivity index (χ2v) is 10.9. The minimum atomic E-state index is 0. The molecule has 3 aromatic rings. The number of amides is 1. The summed E-state index contributed by atoms with van der Waals surface area (Å²) in [4.78, 5) is 33.5. The lowest BCUT2D eigenvalue weighted by Crippen LogP contribution is -2.42. The highest BCUT2D eigenvalue weighted by atomic mass is 35.5. The van der Waals surface area contributed by atoms with Gasteiger partial charge in [-0.05, 0) is 63.5 Å². The third kappa shape index (κ3) is 6.56. The molecule has 3 aromatic heterocycles. The summed E-state index contributed by atoms with van der Waals surface area (Å²) in [6.45, 7) is 1.40. The van der Waals surface area contributed by atoms with Crippen LogP contribution in [0, 0.1) is 0 Å². The molecule has 0 atom stereocenters. The summed E-state index contributed by atoms with van der Waals surface area (Å²) < 4.78 is 2.26. The Morgan fingerprint density at radius 1 is 0.923 bits per heavy atom. The fraction of sp³-hybridized carbons (Fsp3) is 0.593. The maximum absolute atomic E-state index is 12.8. The van der Waals surface area contributed by atoms with E-state index in [1.165, 1.54) is 25.7 Å². The van der Waals surface area contributed by atoms with Crippen molar-refractivity contribution in [3.8, 4) is 0 Å². The SMILES string of the molecule is Cl.Cl.NC1CCC(Nc2nc(NC3CCN(C(=O)c4cccnc4)CC3)c3ncn(C4CCCC4)c3n2)CC1. The number of carbonyl (C=O) groups excluding carboxylic acids is 1. The lowest BCUT2D eigenvalue weighted by Gasteiger charge is -2.32. The summed E-state index contributed by atoms with van der Waals surface area (Å²) in [5, 5.41) is 7.28. The van der Waals surface area contributed by atoms with Gasteiger partial charge in [-0.1, -0.05) is 12.8 Å². The van der Waals surface area contributed by atoms with E-state index in [0.29, 0.717) is 42.7 Å². The highest BCUT2D eigenvalue weighted by Gasteiger charge is 2.27. The molecular formula is C27H39Cl2N9O. The summed E-state index contributed by atoms with van der Waals surface area (Å²) in [5.74, 6) is 1.50. The van der Waals surface area contributed by atoms with Gasteiger partial charge in [-0.3, -0.25) is 9.78 Å². The number of nitrogens with zero attached hydrogens (tertiary/aromatic N) is 6. The summed E-state index contributed by atoms with van der Waals surface area (Å²) in [6.07, 6.45) is 16.0. The molecular weight excluding hydrogens is 537 g/mol. The summed E-state index contributed by atoms with van der Waals surface area (Å²) in [7, 11) is 0. The summed E-state index contributed by atoms with van der Waals surface area (Å²) in [6, 6.07) is 4.95. The molecule has 4 heterocycles. The van der Waals surface area contributed by atoms with E-state index < -0.39 is 0 Å². The molecule has 6 rings (SSSR count). The molecule has 10 nitrogen and oxygen atoms in total. The Morgan fingerprint density at radius 3 is 2.33 bits per heavy atom. The van der Waals surface area contributed by atoms with Crippen LogP contribution in [-0.4, -0.2) is 66.5 Å². The highest BCUT2D eigenvalue weighted by Crippen LogP contribution is 2.34. The molecule has 212 valence electrons. The van der Waals surface area contributed by atoms with Crippen molar-refractivity contribution in [2.45, 2.75) is 88.4 Å². The van der Waals surface area contributed by atoms with Gasteiger partial charge in [0, 0.05) is 49.7 Å². The first-order chi connectivity index (χ1) is 18.1. The number of aromatic nitrogens is 5. The van der Waals surface area contributed by atoms with E-state index in [2.05, 4.69) is 20.2 Å². The number of imidazole rings is 1. The van der Waals surface area contributed by atoms with Gasteiger partial charge in [0.25, 0.3) is 5.91 Å². The van der Waals surface area contributed by atoms with Crippen LogP contribution in [0.15, 0.2) is 30.9 Å². The Morgan fingerprint density at radius 2 is 1.64 bits per heavy atom. The van der Waals surface area contributed by atoms with E-state index in [-0.39, 0.29) is 36.8 Å². The van der Waals surface area contributed by atoms with Crippen molar-refractivity contribution < 1.29 is 4.79 Å². The standard InChI is InChI=1S/C27H37N9O.2ClH/c28-19-7-9-20(10-8-19)32-27-33-24(23-25(34-27)36(17-30-23)22-5-1-2-6-22)31-21-11-14-35(15-12-21)26(37)18-4-3-13-29-16-18;;/h3-4,13,16-17,19-22H,1-2,5-12,14-15,28H2,(H2,31,32,33,34);2*1H. The van der Waals surface area contributed by atoms with Crippen molar-refractivity contribution in [1.82, 2.24) is 29.4 Å². The molecule has 0 spiro atoms. The smallest absolute Gasteiger partial charge is 0.255 e. The topological polar surface area (TPSA) is 127 Å². The highest BCUT2D eigenvalue weighted by molar-refractivity contribution is 5.94. The van der Waals surface area contributed by atoms with Crippen molar-refractivity contribution >= 4 is 53.7 Å². The molecule has 1 amide bonds. The quantitative estimate of drug-likeness (QED) is 0.389. The molecule has 0 radical (unpaired) electrons. The van der Waals surface area contributed by atoms with E-state index in [9.17, 15) is 4.79 Å². The number of halogens is 2. The van der Waals surface area contributed by atoms with Gasteiger partial charge >= 0.3 is 0 Å². The molecule has 1 saturated heterocycles. The van der Waals surface area contributed by atoms with Crippen LogP contribution in [-0.2, 0) is 0 Å². The van der Waals surface area contributed by atoms with E-state index in [1.54, 1.807) is 18.5 Å². The van der Waals surface area contributed by atoms with E-state index >= 15 is 0 Å². The number of anilines is 2. The van der Waals surface area contributed by atoms with Gasteiger partial charge < -0.3 is 25.8 Å². The lowest BCUT2D eigenvalue weighted by molar-refractivity contribution is 0.0718. The van der Waals surface area contributed by atoms with Crippen LogP contribution < -0.4 is 16.4 Å². The number of rotatable bonds is 6. The van der Waals surface area contributed by atoms with E-state index in [0.717, 1.165) is 55.5 Å². The van der Waals surface area contributed by atoms with Crippen molar-refractivity contribution in [2.24, 2.45) is 5.73 Å². The van der Waals surface area contributed by atoms with Gasteiger partial charge in [-0.15, -0.1) is 24.8 Å². The van der Waals surface area contributed by atoms with Gasteiger partial charge in [0.2, 0.25) is 5.95 Å². The van der Waals surface area contributed by atoms with Crippen molar-refractivity contribution in [3.63, 3.8) is 0 Å². The fourth-order valence-electron chi connectivity index (χ4n) is 6.07. The first kappa shape index (κ1) is 29.3. The van der Waals surface area contributed by atoms with Crippen LogP contribution >= 0.6 is 24.8 Å². The zero-order chi connectivity index (χ0) is 25.2. The zero-order valence-corrected chi connectivity index (χ0v) is 23.8. The number of piperidine rings is 1. The largest absolute Gasteiger partial charge is 0.365 e. The van der Waals surface area contributed by atoms with Gasteiger partial charge in [0.1, 0.15) is 0 Å². The first-order valence-corrected chi connectivity index (χ1v) is 13.9. The molecule has 0 bridgehead atoms. The monoisotopic (exact) mass is 575 g/mol. The predicted molar refractivity (Wildman–Crippen MR) is 158 cm³/mol. The van der Waals surface area contributed by atoms with Crippen LogP contribution in [0.2, 0.25) is 0 Å². The van der Waals surface area contributed by atoms with Crippen LogP contribution in [0.5, 0.6) is 0 Å². The maximum atomic E-state index is 12.8. The molecule has 2 aliphatic carbocycles. The number of pyridine rings is 1. The minimum Gasteiger partial charge on any atom is -0.365 e. The fourth-order valence-corrected chi connectivity index (χ4v) is 6.07. The summed E-state index contributed by atoms with van der Waals surface area (Å²) >= 11 is 0. The number of likely N-dealkylation sites (tertiary alicyclic amines) is 1. The van der Waals surface area contributed by atoms with E-state index in [1.807, 2.05) is 17.3 Å². The molecule has 0 unspecified atom stereocenters. The maximum Gasteiger partial charge on any atom is 0.255 e. The number of nitrogens with one attached hydrogen (secondary N) is 2. The average molecular weight is 577 g/mol. The van der Waals surface area contributed by atoms with Gasteiger partial charge in [0.05, 0.1) is 11.9 Å². The number of fused-ring (bicyclic) bond motifs is 1. The van der Waals surface area contributed by atoms with Crippen LogP contribution in [0.4, 0.5) is 11.8 Å². The zero-order valence-electron chi connectivity index (χ0n) is 22.2. The predicted octanol–water partition coefficient (Wildman–Crippen LogP) is 4.58. The molecule has 3 aliphatic rings. The molecule has 0 aromatic carbocycles. The van der Waals surface area contributed by atoms with E-state index in [4.69, 9.17) is 20.7 Å². The molecule has 4 N–H and O–H groups in total. The number of nitrogens with two attached hydrogens (primary N) is 1. The minimum absolute atomic E-state index is 0. The van der Waals surface area contributed by atoms with Gasteiger partial charge in [-0.25, -0.2) is 4.98 Å². The second-order valence-electron chi connectivity index (χ2n) is 10.9. The van der Waals surface area contributed by atoms with Crippen LogP contribution in [0.25, 0.3) is 11.2 Å². The number of carbonyl (C=O) groups is 1. The molecule has 39 heavy (non-hydrogen) atoms. The van der Waals surface area contributed by atoms with Gasteiger partial charge in [0.15, 0.2) is 17.0 Å². The third-order valence-electron chi connectivity index (χ3n) is 8.28. The molecule has 3 fully saturated rings. The van der Waals surface area contributed by atoms with Crippen LogP contribution in [0.1, 0.15) is 80.6 Å². The molecule has 2 saturated carbocycles. The molecule has 12 heteroatoms. The number of hydrogen-bond donors (Lipinski definition) is 3. The average Bonchev–Trinajstić information content (AvgIpc) is 3.61. The Kier molecular flexibility index (Phi) is 9.85. The lowest BCUT2D eigenvalue weighted by atomic mass is 9.92. The normalized spacial score (nSPS) is 22.2. The molecule has 1 aliphatic heterocycles. The van der Waals surface area contributed by atoms with Crippen molar-refractivity contribution in [3.05, 3.63) is 36.4 Å². The van der Waals surface area contributed by atoms with Crippen molar-refractivity contribution in [2.75, 3.05) is 23.7 Å². The number of hydrogen-bond acceptors (Lipinski definition) is 8. The Labute approximate surface area is 241 Å². The first-order valence-electron chi connectivity index (χ1n) is 13.9. The Hall–Kier alpha value is -2.69. The van der Waals surface area contributed by atoms with Crippen molar-refractivity contribution in [1.29, 1.82) is 0 Å². The summed E-state index contributed by atoms with van der Waals surface area (Å²) in [5.41, 5.74) is 8.50. The second kappa shape index (κ2) is 13.1. The van der Waals surface area contributed by atoms with Crippen LogP contribution in [0.3, 0.4) is 0 Å². The van der Waals surface area contributed by atoms with Gasteiger partial charge in [-0.2, -0.15) is 9.97 Å². The Bertz CT molecular complexity index is 1220. The Balaban J connectivity index is 0.00000176.